The van der Waals surface area contributed by atoms with Crippen LogP contribution in [0.15, 0.2) is 30.3 Å². The Morgan fingerprint density at radius 1 is 1.00 bits per heavy atom. The Hall–Kier alpha value is -1.79. The van der Waals surface area contributed by atoms with Gasteiger partial charge in [0.25, 0.3) is 0 Å². The van der Waals surface area contributed by atoms with Crippen LogP contribution in [-0.4, -0.2) is 6.54 Å². The van der Waals surface area contributed by atoms with E-state index in [0.29, 0.717) is 12.1 Å². The van der Waals surface area contributed by atoms with Gasteiger partial charge in [-0.25, -0.2) is 17.6 Å². The topological polar surface area (TPSA) is 38.0 Å². The number of nitrogens with one attached hydrogen (secondary N) is 1. The van der Waals surface area contributed by atoms with Crippen LogP contribution in [0.1, 0.15) is 11.6 Å². The second-order valence-electron chi connectivity index (χ2n) is 4.34. The highest BCUT2D eigenvalue weighted by Gasteiger charge is 2.19. The summed E-state index contributed by atoms with van der Waals surface area (Å²) in [6.07, 6.45) is 0. The first-order chi connectivity index (χ1) is 9.92. The van der Waals surface area contributed by atoms with Gasteiger partial charge in [-0.2, -0.15) is 0 Å². The Balaban J connectivity index is 2.36. The molecule has 21 heavy (non-hydrogen) atoms. The first-order valence-corrected chi connectivity index (χ1v) is 6.36. The number of rotatable bonds is 4. The van der Waals surface area contributed by atoms with Crippen molar-refractivity contribution >= 4 is 17.3 Å². The van der Waals surface area contributed by atoms with E-state index in [0.717, 1.165) is 12.1 Å². The number of hydrogen-bond acceptors (Lipinski definition) is 2. The Labute approximate surface area is 123 Å². The van der Waals surface area contributed by atoms with Crippen molar-refractivity contribution < 1.29 is 17.6 Å². The molecule has 0 spiro atoms. The number of benzene rings is 2. The Kier molecular flexibility index (Phi) is 4.69. The summed E-state index contributed by atoms with van der Waals surface area (Å²) in [5.41, 5.74) is 5.52. The monoisotopic (exact) mass is 318 g/mol. The molecule has 0 amide bonds. The molecular weight excluding hydrogens is 308 g/mol. The molecule has 0 bridgehead atoms. The van der Waals surface area contributed by atoms with Crippen LogP contribution in [0.25, 0.3) is 0 Å². The molecule has 1 atom stereocenters. The van der Waals surface area contributed by atoms with Crippen LogP contribution in [0.2, 0.25) is 5.02 Å². The average Bonchev–Trinajstić information content (AvgIpc) is 2.44. The van der Waals surface area contributed by atoms with Gasteiger partial charge in [0.1, 0.15) is 11.6 Å². The fourth-order valence-corrected chi connectivity index (χ4v) is 2.04. The van der Waals surface area contributed by atoms with Gasteiger partial charge in [0, 0.05) is 18.2 Å². The molecule has 0 saturated heterocycles. The molecule has 7 heteroatoms. The summed E-state index contributed by atoms with van der Waals surface area (Å²) in [4.78, 5) is 0. The van der Waals surface area contributed by atoms with E-state index in [4.69, 9.17) is 17.3 Å². The number of halogens is 5. The number of nitrogens with two attached hydrogens (primary N) is 1. The van der Waals surface area contributed by atoms with E-state index < -0.39 is 29.3 Å². The van der Waals surface area contributed by atoms with Crippen molar-refractivity contribution in [2.75, 3.05) is 11.9 Å². The molecule has 0 aromatic heterocycles. The zero-order valence-electron chi connectivity index (χ0n) is 10.6. The summed E-state index contributed by atoms with van der Waals surface area (Å²) in [6, 6.07) is 3.82. The van der Waals surface area contributed by atoms with Gasteiger partial charge in [-0.3, -0.25) is 0 Å². The molecule has 1 unspecified atom stereocenters. The number of hydrogen-bond donors (Lipinski definition) is 2. The average molecular weight is 319 g/mol. The van der Waals surface area contributed by atoms with Crippen LogP contribution >= 0.6 is 11.6 Å². The van der Waals surface area contributed by atoms with Crippen LogP contribution in [0.3, 0.4) is 0 Å². The molecule has 3 N–H and O–H groups in total. The lowest BCUT2D eigenvalue weighted by atomic mass is 10.1. The van der Waals surface area contributed by atoms with Gasteiger partial charge < -0.3 is 11.1 Å². The third kappa shape index (κ3) is 3.46. The molecule has 0 aliphatic heterocycles. The lowest BCUT2D eigenvalue weighted by Crippen LogP contribution is -2.22. The summed E-state index contributed by atoms with van der Waals surface area (Å²) in [5.74, 6) is -4.00. The highest BCUT2D eigenvalue weighted by molar-refractivity contribution is 6.33. The molecule has 0 heterocycles. The van der Waals surface area contributed by atoms with E-state index in [1.54, 1.807) is 0 Å². The first-order valence-electron chi connectivity index (χ1n) is 5.98. The van der Waals surface area contributed by atoms with Gasteiger partial charge in [0.15, 0.2) is 11.6 Å². The quantitative estimate of drug-likeness (QED) is 0.660. The molecule has 112 valence electrons. The molecule has 0 aliphatic rings. The maximum absolute atomic E-state index is 13.7. The van der Waals surface area contributed by atoms with Crippen molar-refractivity contribution in [1.29, 1.82) is 0 Å². The number of anilines is 1. The van der Waals surface area contributed by atoms with Crippen molar-refractivity contribution in [1.82, 2.24) is 0 Å². The third-order valence-electron chi connectivity index (χ3n) is 2.91. The van der Waals surface area contributed by atoms with Crippen molar-refractivity contribution in [2.45, 2.75) is 6.04 Å². The van der Waals surface area contributed by atoms with Gasteiger partial charge in [0.05, 0.1) is 16.8 Å². The van der Waals surface area contributed by atoms with Gasteiger partial charge in [-0.15, -0.1) is 0 Å². The van der Waals surface area contributed by atoms with Crippen molar-refractivity contribution in [2.24, 2.45) is 5.73 Å². The van der Waals surface area contributed by atoms with E-state index in [9.17, 15) is 17.6 Å². The summed E-state index contributed by atoms with van der Waals surface area (Å²) >= 11 is 5.88. The second-order valence-corrected chi connectivity index (χ2v) is 4.75. The van der Waals surface area contributed by atoms with Crippen LogP contribution in [0.5, 0.6) is 0 Å². The molecule has 0 radical (unpaired) electrons. The summed E-state index contributed by atoms with van der Waals surface area (Å²) in [5, 5.41) is 2.91. The SMILES string of the molecule is NCC(Nc1cc(F)ccc1Cl)c1cc(F)c(F)cc1F. The fraction of sp³-hybridized carbons (Fsp3) is 0.143. The molecule has 0 aliphatic carbocycles. The van der Waals surface area contributed by atoms with Crippen LogP contribution in [0, 0.1) is 23.3 Å². The maximum atomic E-state index is 13.7. The normalized spacial score (nSPS) is 12.3. The molecule has 2 aromatic rings. The first kappa shape index (κ1) is 15.6. The maximum Gasteiger partial charge on any atom is 0.161 e. The zero-order chi connectivity index (χ0) is 15.6. The van der Waals surface area contributed by atoms with E-state index in [-0.39, 0.29) is 22.8 Å². The van der Waals surface area contributed by atoms with Crippen LogP contribution < -0.4 is 11.1 Å². The predicted octanol–water partition coefficient (Wildman–Crippen LogP) is 4.01. The summed E-state index contributed by atoms with van der Waals surface area (Å²) in [6.45, 7) is -0.130. The minimum absolute atomic E-state index is 0.130. The predicted molar refractivity (Wildman–Crippen MR) is 73.1 cm³/mol. The summed E-state index contributed by atoms with van der Waals surface area (Å²) in [7, 11) is 0. The molecule has 2 nitrogen and oxygen atoms in total. The smallest absolute Gasteiger partial charge is 0.161 e. The van der Waals surface area contributed by atoms with E-state index in [1.807, 2.05) is 0 Å². The largest absolute Gasteiger partial charge is 0.376 e. The van der Waals surface area contributed by atoms with Gasteiger partial charge in [0.2, 0.25) is 0 Å². The van der Waals surface area contributed by atoms with E-state index in [1.165, 1.54) is 6.07 Å². The van der Waals surface area contributed by atoms with E-state index >= 15 is 0 Å². The van der Waals surface area contributed by atoms with Gasteiger partial charge >= 0.3 is 0 Å². The molecule has 2 aromatic carbocycles. The fourth-order valence-electron chi connectivity index (χ4n) is 1.86. The van der Waals surface area contributed by atoms with Crippen molar-refractivity contribution in [3.05, 3.63) is 64.2 Å². The molecule has 0 fully saturated rings. The second kappa shape index (κ2) is 6.32. The van der Waals surface area contributed by atoms with Crippen LogP contribution in [-0.2, 0) is 0 Å². The Morgan fingerprint density at radius 2 is 1.67 bits per heavy atom. The van der Waals surface area contributed by atoms with Crippen LogP contribution in [0.4, 0.5) is 23.2 Å². The summed E-state index contributed by atoms with van der Waals surface area (Å²) < 4.78 is 53.1. The zero-order valence-corrected chi connectivity index (χ0v) is 11.4. The minimum Gasteiger partial charge on any atom is -0.376 e. The molecule has 0 saturated carbocycles. The Morgan fingerprint density at radius 3 is 2.33 bits per heavy atom. The van der Waals surface area contributed by atoms with E-state index in [2.05, 4.69) is 5.32 Å². The van der Waals surface area contributed by atoms with Gasteiger partial charge in [-0.1, -0.05) is 11.6 Å². The molecular formula is C14H11ClF4N2. The van der Waals surface area contributed by atoms with Crippen molar-refractivity contribution in [3.63, 3.8) is 0 Å². The minimum atomic E-state index is -1.30. The molecule has 2 rings (SSSR count). The highest BCUT2D eigenvalue weighted by atomic mass is 35.5. The Bertz CT molecular complexity index is 664. The lowest BCUT2D eigenvalue weighted by Gasteiger charge is -2.20. The van der Waals surface area contributed by atoms with Crippen molar-refractivity contribution in [3.8, 4) is 0 Å². The highest BCUT2D eigenvalue weighted by Crippen LogP contribution is 2.28. The standard InChI is InChI=1S/C14H11ClF4N2/c15-9-2-1-7(16)3-13(9)21-14(6-20)8-4-11(18)12(19)5-10(8)17/h1-5,14,21H,6,20H2. The van der Waals surface area contributed by atoms with Gasteiger partial charge in [-0.05, 0) is 24.3 Å². The third-order valence-corrected chi connectivity index (χ3v) is 3.24. The lowest BCUT2D eigenvalue weighted by molar-refractivity contribution is 0.486.